The zero-order valence-electron chi connectivity index (χ0n) is 9.59. The van der Waals surface area contributed by atoms with E-state index in [4.69, 9.17) is 0 Å². The molecule has 0 radical (unpaired) electrons. The average Bonchev–Trinajstić information content (AvgIpc) is 2.16. The summed E-state index contributed by atoms with van der Waals surface area (Å²) in [5.74, 6) is 0. The van der Waals surface area contributed by atoms with E-state index in [0.29, 0.717) is 12.2 Å². The molecule has 82 valence electrons. The van der Waals surface area contributed by atoms with Crippen LogP contribution >= 0.6 is 0 Å². The molecule has 0 fully saturated rings. The van der Waals surface area contributed by atoms with Crippen LogP contribution in [0.25, 0.3) is 0 Å². The van der Waals surface area contributed by atoms with Gasteiger partial charge in [-0.3, -0.25) is 9.78 Å². The molecule has 0 aromatic carbocycles. The molecule has 1 heterocycles. The quantitative estimate of drug-likeness (QED) is 0.680. The summed E-state index contributed by atoms with van der Waals surface area (Å²) in [5, 5.41) is 0. The van der Waals surface area contributed by atoms with Crippen LogP contribution in [0, 0.1) is 13.8 Å². The molecule has 14 heavy (non-hydrogen) atoms. The van der Waals surface area contributed by atoms with E-state index in [1.54, 1.807) is 17.7 Å². The predicted molar refractivity (Wildman–Crippen MR) is 58.6 cm³/mol. The number of nitrogens with zero attached hydrogens (tertiary/aromatic N) is 2. The Morgan fingerprint density at radius 2 is 1.86 bits per heavy atom. The normalized spacial score (nSPS) is 8.36. The van der Waals surface area contributed by atoms with Crippen LogP contribution in [0.5, 0.6) is 0 Å². The predicted octanol–water partition coefficient (Wildman–Crippen LogP) is 1.08. The Morgan fingerprint density at radius 3 is 2.21 bits per heavy atom. The molecule has 0 saturated heterocycles. The van der Waals surface area contributed by atoms with E-state index in [1.165, 1.54) is 0 Å². The van der Waals surface area contributed by atoms with Gasteiger partial charge < -0.3 is 10.0 Å². The van der Waals surface area contributed by atoms with Gasteiger partial charge in [0.25, 0.3) is 5.56 Å². The molecule has 0 unspecified atom stereocenters. The van der Waals surface area contributed by atoms with Crippen molar-refractivity contribution in [3.05, 3.63) is 27.9 Å². The van der Waals surface area contributed by atoms with Crippen molar-refractivity contribution in [2.75, 3.05) is 0 Å². The highest BCUT2D eigenvalue weighted by Crippen LogP contribution is 1.91. The third kappa shape index (κ3) is 3.30. The molecule has 1 aromatic heterocycles. The summed E-state index contributed by atoms with van der Waals surface area (Å²) in [6, 6.07) is 0. The minimum atomic E-state index is 0. The van der Waals surface area contributed by atoms with Gasteiger partial charge in [-0.05, 0) is 20.8 Å². The molecule has 4 nitrogen and oxygen atoms in total. The van der Waals surface area contributed by atoms with Crippen LogP contribution in [0.15, 0.2) is 11.0 Å². The van der Waals surface area contributed by atoms with Gasteiger partial charge in [-0.15, -0.1) is 0 Å². The first kappa shape index (κ1) is 15.3. The van der Waals surface area contributed by atoms with Gasteiger partial charge in [0.15, 0.2) is 0 Å². The maximum absolute atomic E-state index is 11.3. The second-order valence-corrected chi connectivity index (χ2v) is 2.53. The lowest BCUT2D eigenvalue weighted by Crippen LogP contribution is -2.24. The molecule has 0 saturated carbocycles. The Labute approximate surface area is 84.9 Å². The van der Waals surface area contributed by atoms with Crippen LogP contribution in [0.1, 0.15) is 32.2 Å². The topological polar surface area (TPSA) is 66.4 Å². The van der Waals surface area contributed by atoms with Gasteiger partial charge >= 0.3 is 0 Å². The SMILES string of the molecule is CC.CCn1c(C)cnc(C)c1=O.O. The fourth-order valence-corrected chi connectivity index (χ4v) is 1.06. The Hall–Kier alpha value is -1.16. The molecule has 0 aliphatic heterocycles. The minimum Gasteiger partial charge on any atom is -0.412 e. The molecular formula is C10H20N2O2. The van der Waals surface area contributed by atoms with Gasteiger partial charge in [0.2, 0.25) is 0 Å². The Bertz CT molecular complexity index is 318. The van der Waals surface area contributed by atoms with E-state index in [0.717, 1.165) is 5.69 Å². The monoisotopic (exact) mass is 200 g/mol. The van der Waals surface area contributed by atoms with Gasteiger partial charge in [-0.2, -0.15) is 0 Å². The number of rotatable bonds is 1. The lowest BCUT2D eigenvalue weighted by atomic mass is 10.4. The maximum atomic E-state index is 11.3. The zero-order valence-corrected chi connectivity index (χ0v) is 9.59. The van der Waals surface area contributed by atoms with Crippen molar-refractivity contribution in [1.29, 1.82) is 0 Å². The van der Waals surface area contributed by atoms with Gasteiger partial charge in [0.1, 0.15) is 5.69 Å². The molecule has 0 aliphatic carbocycles. The Morgan fingerprint density at radius 1 is 1.36 bits per heavy atom. The molecule has 1 rings (SSSR count). The summed E-state index contributed by atoms with van der Waals surface area (Å²) in [6.07, 6.45) is 1.72. The van der Waals surface area contributed by atoms with E-state index in [2.05, 4.69) is 4.98 Å². The molecule has 0 atom stereocenters. The fourth-order valence-electron chi connectivity index (χ4n) is 1.06. The van der Waals surface area contributed by atoms with E-state index in [9.17, 15) is 4.79 Å². The van der Waals surface area contributed by atoms with E-state index in [1.807, 2.05) is 27.7 Å². The van der Waals surface area contributed by atoms with Crippen molar-refractivity contribution in [3.63, 3.8) is 0 Å². The van der Waals surface area contributed by atoms with E-state index in [-0.39, 0.29) is 11.0 Å². The second kappa shape index (κ2) is 7.26. The summed E-state index contributed by atoms with van der Waals surface area (Å²) in [4.78, 5) is 15.3. The van der Waals surface area contributed by atoms with Gasteiger partial charge in [0.05, 0.1) is 0 Å². The highest BCUT2D eigenvalue weighted by molar-refractivity contribution is 5.02. The number of aryl methyl sites for hydroxylation is 2. The van der Waals surface area contributed by atoms with Gasteiger partial charge in [-0.1, -0.05) is 13.8 Å². The highest BCUT2D eigenvalue weighted by atomic mass is 16.1. The van der Waals surface area contributed by atoms with Crippen molar-refractivity contribution in [1.82, 2.24) is 9.55 Å². The largest absolute Gasteiger partial charge is 0.412 e. The van der Waals surface area contributed by atoms with Crippen molar-refractivity contribution in [2.24, 2.45) is 0 Å². The molecule has 0 bridgehead atoms. The Kier molecular flexibility index (Phi) is 7.95. The summed E-state index contributed by atoms with van der Waals surface area (Å²) in [7, 11) is 0. The maximum Gasteiger partial charge on any atom is 0.272 e. The van der Waals surface area contributed by atoms with Crippen molar-refractivity contribution in [2.45, 2.75) is 41.2 Å². The van der Waals surface area contributed by atoms with Crippen LogP contribution in [0.2, 0.25) is 0 Å². The van der Waals surface area contributed by atoms with Crippen molar-refractivity contribution >= 4 is 0 Å². The minimum absolute atomic E-state index is 0. The molecule has 0 aliphatic rings. The fraction of sp³-hybridized carbons (Fsp3) is 0.600. The Balaban J connectivity index is 0. The summed E-state index contributed by atoms with van der Waals surface area (Å²) in [6.45, 7) is 10.3. The average molecular weight is 200 g/mol. The summed E-state index contributed by atoms with van der Waals surface area (Å²) in [5.41, 5.74) is 1.51. The molecule has 0 spiro atoms. The highest BCUT2D eigenvalue weighted by Gasteiger charge is 2.00. The number of aromatic nitrogens is 2. The summed E-state index contributed by atoms with van der Waals surface area (Å²) >= 11 is 0. The molecule has 0 amide bonds. The number of hydrogen-bond acceptors (Lipinski definition) is 2. The summed E-state index contributed by atoms with van der Waals surface area (Å²) < 4.78 is 1.71. The second-order valence-electron chi connectivity index (χ2n) is 2.53. The van der Waals surface area contributed by atoms with E-state index >= 15 is 0 Å². The molecule has 2 N–H and O–H groups in total. The standard InChI is InChI=1S/C8H12N2O.C2H6.H2O/c1-4-10-6(2)5-9-7(3)8(10)11;1-2;/h5H,4H2,1-3H3;1-2H3;1H2. The first-order valence-corrected chi connectivity index (χ1v) is 4.70. The molecule has 4 heteroatoms. The van der Waals surface area contributed by atoms with Crippen molar-refractivity contribution in [3.8, 4) is 0 Å². The van der Waals surface area contributed by atoms with Crippen molar-refractivity contribution < 1.29 is 5.48 Å². The molecular weight excluding hydrogens is 180 g/mol. The molecule has 1 aromatic rings. The smallest absolute Gasteiger partial charge is 0.272 e. The van der Waals surface area contributed by atoms with Crippen LogP contribution in [-0.4, -0.2) is 15.0 Å². The first-order valence-electron chi connectivity index (χ1n) is 4.70. The van der Waals surface area contributed by atoms with E-state index < -0.39 is 0 Å². The lowest BCUT2D eigenvalue weighted by molar-refractivity contribution is 0.682. The third-order valence-corrected chi connectivity index (χ3v) is 1.74. The van der Waals surface area contributed by atoms with Gasteiger partial charge in [-0.25, -0.2) is 0 Å². The first-order chi connectivity index (χ1) is 6.16. The lowest BCUT2D eigenvalue weighted by Gasteiger charge is -2.05. The zero-order chi connectivity index (χ0) is 10.4. The van der Waals surface area contributed by atoms with Gasteiger partial charge in [0, 0.05) is 18.4 Å². The number of hydrogen-bond donors (Lipinski definition) is 0. The van der Waals surface area contributed by atoms with Crippen LogP contribution in [0.3, 0.4) is 0 Å². The van der Waals surface area contributed by atoms with Crippen LogP contribution < -0.4 is 5.56 Å². The third-order valence-electron chi connectivity index (χ3n) is 1.74. The van der Waals surface area contributed by atoms with Crippen LogP contribution in [-0.2, 0) is 6.54 Å². The van der Waals surface area contributed by atoms with Crippen LogP contribution in [0.4, 0.5) is 0 Å².